The van der Waals surface area contributed by atoms with E-state index in [2.05, 4.69) is 37.6 Å². The average molecular weight is 480 g/mol. The molecule has 0 radical (unpaired) electrons. The summed E-state index contributed by atoms with van der Waals surface area (Å²) in [6.45, 7) is 3.86. The molecule has 4 aromatic rings. The highest BCUT2D eigenvalue weighted by Crippen LogP contribution is 2.22. The zero-order chi connectivity index (χ0) is 25.7. The van der Waals surface area contributed by atoms with Gasteiger partial charge in [-0.2, -0.15) is 0 Å². The van der Waals surface area contributed by atoms with Crippen molar-refractivity contribution in [1.82, 2.24) is 9.97 Å². The maximum absolute atomic E-state index is 13.0. The Morgan fingerprint density at radius 1 is 0.944 bits per heavy atom. The molecular weight excluding hydrogens is 450 g/mol. The van der Waals surface area contributed by atoms with E-state index in [0.29, 0.717) is 28.6 Å². The number of nitrogens with zero attached hydrogens (tertiary/aromatic N) is 4. The lowest BCUT2D eigenvalue weighted by molar-refractivity contribution is 0.102. The van der Waals surface area contributed by atoms with Crippen LogP contribution in [0.2, 0.25) is 0 Å². The number of amides is 1. The van der Waals surface area contributed by atoms with Crippen LogP contribution in [0, 0.1) is 6.92 Å². The smallest absolute Gasteiger partial charge is 0.256 e. The molecule has 0 spiro atoms. The number of nitrogens with one attached hydrogen (secondary N) is 2. The summed E-state index contributed by atoms with van der Waals surface area (Å²) in [4.78, 5) is 28.4. The van der Waals surface area contributed by atoms with Crippen LogP contribution in [0.4, 0.5) is 34.4 Å². The van der Waals surface area contributed by atoms with E-state index >= 15 is 0 Å². The molecule has 4 rings (SSSR count). The second kappa shape index (κ2) is 10.7. The van der Waals surface area contributed by atoms with Gasteiger partial charge in [0.15, 0.2) is 0 Å². The summed E-state index contributed by atoms with van der Waals surface area (Å²) in [6.07, 6.45) is 3.11. The van der Waals surface area contributed by atoms with Crippen molar-refractivity contribution in [2.45, 2.75) is 13.8 Å². The van der Waals surface area contributed by atoms with Gasteiger partial charge in [0.25, 0.3) is 5.91 Å². The SMILES string of the molecule is CC(=Nc1ccc(C)c(C(=O)Nc2cnc(Nc3cccc(N)c3)nc2)c1)c1cccc(N(C)C)c1. The first-order valence-electron chi connectivity index (χ1n) is 11.5. The third-order valence-electron chi connectivity index (χ3n) is 5.60. The van der Waals surface area contributed by atoms with Crippen molar-refractivity contribution in [3.05, 3.63) is 95.8 Å². The molecule has 3 aromatic carbocycles. The Bertz CT molecular complexity index is 1410. The fourth-order valence-electron chi connectivity index (χ4n) is 3.59. The van der Waals surface area contributed by atoms with Crippen molar-refractivity contribution in [1.29, 1.82) is 0 Å². The summed E-state index contributed by atoms with van der Waals surface area (Å²) in [5, 5.41) is 5.95. The van der Waals surface area contributed by atoms with E-state index in [0.717, 1.165) is 28.2 Å². The standard InChI is InChI=1S/C28H29N7O/c1-18-11-12-23(32-19(2)20-7-5-10-25(13-20)35(3)4)15-26(18)27(36)33-24-16-30-28(31-17-24)34-22-9-6-8-21(29)14-22/h5-17H,29H2,1-4H3,(H,33,36)(H,30,31,34). The number of nitrogen functional groups attached to an aromatic ring is 1. The molecule has 182 valence electrons. The summed E-state index contributed by atoms with van der Waals surface area (Å²) in [6, 6.07) is 21.1. The fourth-order valence-corrected chi connectivity index (χ4v) is 3.59. The van der Waals surface area contributed by atoms with E-state index < -0.39 is 0 Å². The minimum atomic E-state index is -0.253. The molecule has 8 nitrogen and oxygen atoms in total. The van der Waals surface area contributed by atoms with Gasteiger partial charge in [-0.15, -0.1) is 0 Å². The molecule has 1 aromatic heterocycles. The van der Waals surface area contributed by atoms with Crippen LogP contribution in [0.25, 0.3) is 0 Å². The molecule has 36 heavy (non-hydrogen) atoms. The van der Waals surface area contributed by atoms with Crippen LogP contribution < -0.4 is 21.3 Å². The third-order valence-corrected chi connectivity index (χ3v) is 5.60. The average Bonchev–Trinajstić information content (AvgIpc) is 2.86. The maximum Gasteiger partial charge on any atom is 0.256 e. The van der Waals surface area contributed by atoms with Gasteiger partial charge in [0.1, 0.15) is 0 Å². The van der Waals surface area contributed by atoms with Gasteiger partial charge >= 0.3 is 0 Å². The number of aromatic nitrogens is 2. The number of rotatable bonds is 7. The Kier molecular flexibility index (Phi) is 7.25. The monoisotopic (exact) mass is 479 g/mol. The number of nitrogens with two attached hydrogens (primary N) is 1. The van der Waals surface area contributed by atoms with E-state index in [1.54, 1.807) is 30.6 Å². The lowest BCUT2D eigenvalue weighted by atomic mass is 10.1. The third kappa shape index (κ3) is 6.04. The summed E-state index contributed by atoms with van der Waals surface area (Å²) in [7, 11) is 4.01. The molecule has 0 fully saturated rings. The molecule has 0 aliphatic heterocycles. The van der Waals surface area contributed by atoms with Crippen LogP contribution in [0.15, 0.2) is 84.1 Å². The Hall–Kier alpha value is -4.72. The molecule has 0 atom stereocenters. The van der Waals surface area contributed by atoms with Crippen LogP contribution >= 0.6 is 0 Å². The molecule has 4 N–H and O–H groups in total. The number of hydrogen-bond acceptors (Lipinski definition) is 7. The van der Waals surface area contributed by atoms with Gasteiger partial charge in [-0.05, 0) is 67.4 Å². The number of carbonyl (C=O) groups is 1. The number of carbonyl (C=O) groups excluding carboxylic acids is 1. The zero-order valence-electron chi connectivity index (χ0n) is 20.8. The highest BCUT2D eigenvalue weighted by Gasteiger charge is 2.12. The minimum absolute atomic E-state index is 0.253. The zero-order valence-corrected chi connectivity index (χ0v) is 20.8. The highest BCUT2D eigenvalue weighted by atomic mass is 16.1. The predicted octanol–water partition coefficient (Wildman–Crippen LogP) is 5.57. The molecule has 1 amide bonds. The first-order valence-corrected chi connectivity index (χ1v) is 11.5. The van der Waals surface area contributed by atoms with Gasteiger partial charge in [0.2, 0.25) is 5.95 Å². The topological polar surface area (TPSA) is 109 Å². The highest BCUT2D eigenvalue weighted by molar-refractivity contribution is 6.06. The number of aryl methyl sites for hydroxylation is 1. The van der Waals surface area contributed by atoms with E-state index in [1.165, 1.54) is 0 Å². The molecule has 0 saturated carbocycles. The van der Waals surface area contributed by atoms with Crippen LogP contribution in [0.1, 0.15) is 28.4 Å². The molecule has 8 heteroatoms. The Morgan fingerprint density at radius 3 is 2.42 bits per heavy atom. The summed E-state index contributed by atoms with van der Waals surface area (Å²) >= 11 is 0. The normalized spacial score (nSPS) is 11.2. The van der Waals surface area contributed by atoms with E-state index in [4.69, 9.17) is 10.7 Å². The van der Waals surface area contributed by atoms with Crippen molar-refractivity contribution in [3.63, 3.8) is 0 Å². The number of hydrogen-bond donors (Lipinski definition) is 3. The van der Waals surface area contributed by atoms with Crippen molar-refractivity contribution < 1.29 is 4.79 Å². The second-order valence-electron chi connectivity index (χ2n) is 8.64. The van der Waals surface area contributed by atoms with Crippen LogP contribution in [-0.4, -0.2) is 35.7 Å². The van der Waals surface area contributed by atoms with Gasteiger partial charge < -0.3 is 21.3 Å². The van der Waals surface area contributed by atoms with Crippen LogP contribution in [0.5, 0.6) is 0 Å². The summed E-state index contributed by atoms with van der Waals surface area (Å²) < 4.78 is 0. The molecule has 0 aliphatic carbocycles. The van der Waals surface area contributed by atoms with Crippen LogP contribution in [-0.2, 0) is 0 Å². The lowest BCUT2D eigenvalue weighted by Gasteiger charge is -2.13. The van der Waals surface area contributed by atoms with Gasteiger partial charge in [-0.25, -0.2) is 9.97 Å². The number of anilines is 5. The fraction of sp³-hybridized carbons (Fsp3) is 0.143. The molecular formula is C28H29N7O. The van der Waals surface area contributed by atoms with E-state index in [1.807, 2.05) is 64.3 Å². The Labute approximate surface area is 210 Å². The minimum Gasteiger partial charge on any atom is -0.399 e. The van der Waals surface area contributed by atoms with Crippen molar-refractivity contribution in [3.8, 4) is 0 Å². The van der Waals surface area contributed by atoms with Crippen molar-refractivity contribution in [2.24, 2.45) is 4.99 Å². The predicted molar refractivity (Wildman–Crippen MR) is 148 cm³/mol. The number of benzene rings is 3. The summed E-state index contributed by atoms with van der Waals surface area (Å²) in [5.41, 5.74) is 12.8. The second-order valence-corrected chi connectivity index (χ2v) is 8.64. The van der Waals surface area contributed by atoms with Crippen LogP contribution in [0.3, 0.4) is 0 Å². The van der Waals surface area contributed by atoms with Gasteiger partial charge in [0.05, 0.1) is 23.8 Å². The van der Waals surface area contributed by atoms with Gasteiger partial charge in [-0.1, -0.05) is 24.3 Å². The molecule has 0 saturated heterocycles. The Balaban J connectivity index is 1.48. The molecule has 0 aliphatic rings. The van der Waals surface area contributed by atoms with Gasteiger partial charge in [-0.3, -0.25) is 9.79 Å². The molecule has 1 heterocycles. The maximum atomic E-state index is 13.0. The largest absolute Gasteiger partial charge is 0.399 e. The van der Waals surface area contributed by atoms with Crippen molar-refractivity contribution >= 4 is 46.0 Å². The number of aliphatic imine (C=N–C) groups is 1. The van der Waals surface area contributed by atoms with Crippen molar-refractivity contribution in [2.75, 3.05) is 35.4 Å². The Morgan fingerprint density at radius 2 is 1.69 bits per heavy atom. The summed E-state index contributed by atoms with van der Waals surface area (Å²) in [5.74, 6) is 0.150. The first kappa shape index (κ1) is 24.4. The molecule has 0 bridgehead atoms. The van der Waals surface area contributed by atoms with E-state index in [-0.39, 0.29) is 5.91 Å². The lowest BCUT2D eigenvalue weighted by Crippen LogP contribution is -2.14. The van der Waals surface area contributed by atoms with Gasteiger partial charge in [0, 0.05) is 42.4 Å². The first-order chi connectivity index (χ1) is 17.3. The quantitative estimate of drug-likeness (QED) is 0.236. The van der Waals surface area contributed by atoms with E-state index in [9.17, 15) is 4.79 Å². The molecule has 0 unspecified atom stereocenters.